The van der Waals surface area contributed by atoms with Crippen molar-refractivity contribution >= 4 is 17.6 Å². The van der Waals surface area contributed by atoms with E-state index in [0.717, 1.165) is 28.7 Å². The lowest BCUT2D eigenvalue weighted by Crippen LogP contribution is -2.02. The van der Waals surface area contributed by atoms with Crippen molar-refractivity contribution in [2.75, 3.05) is 0 Å². The molecule has 0 unspecified atom stereocenters. The maximum atomic E-state index is 11.6. The van der Waals surface area contributed by atoms with Crippen LogP contribution >= 0.6 is 0 Å². The van der Waals surface area contributed by atoms with E-state index in [4.69, 9.17) is 0 Å². The molecule has 0 radical (unpaired) electrons. The molecule has 0 heterocycles. The molecule has 2 aromatic carbocycles. The Balaban J connectivity index is 2.49. The zero-order valence-corrected chi connectivity index (χ0v) is 12.7. The summed E-state index contributed by atoms with van der Waals surface area (Å²) in [4.78, 5) is 11.6. The molecular weight excluding hydrogens is 260 g/mol. The first-order valence-corrected chi connectivity index (χ1v) is 7.13. The molecule has 0 aromatic heterocycles. The van der Waals surface area contributed by atoms with Crippen LogP contribution in [0.25, 0.3) is 11.6 Å². The van der Waals surface area contributed by atoms with Gasteiger partial charge in [-0.1, -0.05) is 55.0 Å². The monoisotopic (exact) mass is 280 g/mol. The fourth-order valence-corrected chi connectivity index (χ4v) is 2.30. The van der Waals surface area contributed by atoms with Crippen molar-refractivity contribution in [3.63, 3.8) is 0 Å². The third-order valence-electron chi connectivity index (χ3n) is 3.61. The van der Waals surface area contributed by atoms with Crippen molar-refractivity contribution in [2.24, 2.45) is 0 Å². The minimum Gasteiger partial charge on any atom is -0.478 e. The summed E-state index contributed by atoms with van der Waals surface area (Å²) in [7, 11) is 0. The van der Waals surface area contributed by atoms with E-state index < -0.39 is 5.97 Å². The Hall–Kier alpha value is -2.35. The van der Waals surface area contributed by atoms with Crippen molar-refractivity contribution in [1.29, 1.82) is 0 Å². The maximum Gasteiger partial charge on any atom is 0.336 e. The standard InChI is InChI=1S/C19H20O2/c1-4-15-7-9-16(10-8-15)12-18(19(20)21)17-11-13(2)5-6-14(17)3/h5-12H,4H2,1-3H3,(H,20,21)/b18-12-. The average molecular weight is 280 g/mol. The van der Waals surface area contributed by atoms with Gasteiger partial charge in [-0.05, 0) is 48.6 Å². The molecule has 2 heteroatoms. The summed E-state index contributed by atoms with van der Waals surface area (Å²) in [5, 5.41) is 9.54. The molecule has 2 rings (SSSR count). The fourth-order valence-electron chi connectivity index (χ4n) is 2.30. The molecule has 0 bridgehead atoms. The summed E-state index contributed by atoms with van der Waals surface area (Å²) < 4.78 is 0. The molecule has 0 amide bonds. The summed E-state index contributed by atoms with van der Waals surface area (Å²) in [5.41, 5.74) is 5.30. The van der Waals surface area contributed by atoms with E-state index in [-0.39, 0.29) is 0 Å². The second kappa shape index (κ2) is 6.40. The molecule has 0 saturated heterocycles. The Bertz CT molecular complexity index is 679. The molecule has 108 valence electrons. The van der Waals surface area contributed by atoms with Crippen LogP contribution in [0.1, 0.15) is 34.7 Å². The van der Waals surface area contributed by atoms with Crippen LogP contribution in [-0.2, 0) is 11.2 Å². The highest BCUT2D eigenvalue weighted by molar-refractivity contribution is 6.21. The highest BCUT2D eigenvalue weighted by Crippen LogP contribution is 2.23. The first-order chi connectivity index (χ1) is 10.0. The van der Waals surface area contributed by atoms with Gasteiger partial charge in [-0.2, -0.15) is 0 Å². The molecule has 2 aromatic rings. The van der Waals surface area contributed by atoms with Crippen molar-refractivity contribution in [3.05, 3.63) is 70.3 Å². The predicted molar refractivity (Wildman–Crippen MR) is 87.2 cm³/mol. The Morgan fingerprint density at radius 1 is 1.10 bits per heavy atom. The molecule has 2 nitrogen and oxygen atoms in total. The van der Waals surface area contributed by atoms with Gasteiger partial charge < -0.3 is 5.11 Å². The number of hydrogen-bond acceptors (Lipinski definition) is 1. The lowest BCUT2D eigenvalue weighted by atomic mass is 9.96. The molecule has 0 spiro atoms. The van der Waals surface area contributed by atoms with Crippen LogP contribution < -0.4 is 0 Å². The molecule has 0 fully saturated rings. The zero-order chi connectivity index (χ0) is 15.4. The Morgan fingerprint density at radius 3 is 2.33 bits per heavy atom. The highest BCUT2D eigenvalue weighted by atomic mass is 16.4. The first kappa shape index (κ1) is 15.0. The lowest BCUT2D eigenvalue weighted by molar-refractivity contribution is -0.130. The van der Waals surface area contributed by atoms with E-state index in [0.29, 0.717) is 5.57 Å². The van der Waals surface area contributed by atoms with Gasteiger partial charge in [0.05, 0.1) is 5.57 Å². The van der Waals surface area contributed by atoms with Crippen molar-refractivity contribution < 1.29 is 9.90 Å². The van der Waals surface area contributed by atoms with E-state index >= 15 is 0 Å². The van der Waals surface area contributed by atoms with Gasteiger partial charge in [-0.15, -0.1) is 0 Å². The number of aliphatic carboxylic acids is 1. The smallest absolute Gasteiger partial charge is 0.336 e. The Labute approximate surface area is 125 Å². The van der Waals surface area contributed by atoms with Crippen LogP contribution in [0.15, 0.2) is 42.5 Å². The normalized spacial score (nSPS) is 11.5. The number of benzene rings is 2. The third kappa shape index (κ3) is 3.60. The second-order valence-electron chi connectivity index (χ2n) is 5.28. The topological polar surface area (TPSA) is 37.3 Å². The summed E-state index contributed by atoms with van der Waals surface area (Å²) in [6, 6.07) is 13.9. The quantitative estimate of drug-likeness (QED) is 0.661. The molecular formula is C19H20O2. The predicted octanol–water partition coefficient (Wildman–Crippen LogP) is 4.49. The van der Waals surface area contributed by atoms with Crippen LogP contribution in [-0.4, -0.2) is 11.1 Å². The minimum absolute atomic E-state index is 0.334. The lowest BCUT2D eigenvalue weighted by Gasteiger charge is -2.08. The van der Waals surface area contributed by atoms with Gasteiger partial charge in [0.15, 0.2) is 0 Å². The van der Waals surface area contributed by atoms with Crippen LogP contribution in [0.5, 0.6) is 0 Å². The maximum absolute atomic E-state index is 11.6. The number of hydrogen-bond donors (Lipinski definition) is 1. The molecule has 0 aliphatic carbocycles. The number of carboxylic acid groups (broad SMARTS) is 1. The summed E-state index contributed by atoms with van der Waals surface area (Å²) in [5.74, 6) is -0.900. The van der Waals surface area contributed by atoms with E-state index in [9.17, 15) is 9.90 Å². The number of rotatable bonds is 4. The zero-order valence-electron chi connectivity index (χ0n) is 12.7. The van der Waals surface area contributed by atoms with Crippen LogP contribution in [0.2, 0.25) is 0 Å². The van der Waals surface area contributed by atoms with E-state index in [1.165, 1.54) is 5.56 Å². The molecule has 0 saturated carbocycles. The first-order valence-electron chi connectivity index (χ1n) is 7.13. The van der Waals surface area contributed by atoms with Gasteiger partial charge in [0.25, 0.3) is 0 Å². The molecule has 21 heavy (non-hydrogen) atoms. The highest BCUT2D eigenvalue weighted by Gasteiger charge is 2.13. The summed E-state index contributed by atoms with van der Waals surface area (Å²) >= 11 is 0. The van der Waals surface area contributed by atoms with Crippen molar-refractivity contribution in [2.45, 2.75) is 27.2 Å². The summed E-state index contributed by atoms with van der Waals surface area (Å²) in [6.07, 6.45) is 2.72. The average Bonchev–Trinajstić information content (AvgIpc) is 2.48. The van der Waals surface area contributed by atoms with E-state index in [2.05, 4.69) is 6.92 Å². The number of carboxylic acids is 1. The van der Waals surface area contributed by atoms with Gasteiger partial charge in [0.1, 0.15) is 0 Å². The minimum atomic E-state index is -0.900. The van der Waals surface area contributed by atoms with Gasteiger partial charge in [0, 0.05) is 0 Å². The fraction of sp³-hybridized carbons (Fsp3) is 0.211. The van der Waals surface area contributed by atoms with Gasteiger partial charge in [-0.25, -0.2) is 4.79 Å². The van der Waals surface area contributed by atoms with Gasteiger partial charge in [0.2, 0.25) is 0 Å². The van der Waals surface area contributed by atoms with Crippen LogP contribution in [0.4, 0.5) is 0 Å². The van der Waals surface area contributed by atoms with Crippen LogP contribution in [0, 0.1) is 13.8 Å². The van der Waals surface area contributed by atoms with E-state index in [1.807, 2.05) is 56.3 Å². The Kier molecular flexibility index (Phi) is 4.59. The Morgan fingerprint density at radius 2 is 1.76 bits per heavy atom. The largest absolute Gasteiger partial charge is 0.478 e. The molecule has 1 N–H and O–H groups in total. The summed E-state index contributed by atoms with van der Waals surface area (Å²) in [6.45, 7) is 6.01. The molecule has 0 atom stereocenters. The van der Waals surface area contributed by atoms with Crippen molar-refractivity contribution in [1.82, 2.24) is 0 Å². The number of carbonyl (C=O) groups is 1. The SMILES string of the molecule is CCc1ccc(/C=C(\C(=O)O)c2cc(C)ccc2C)cc1. The van der Waals surface area contributed by atoms with Crippen molar-refractivity contribution in [3.8, 4) is 0 Å². The van der Waals surface area contributed by atoms with Crippen LogP contribution in [0.3, 0.4) is 0 Å². The van der Waals surface area contributed by atoms with Gasteiger partial charge >= 0.3 is 5.97 Å². The third-order valence-corrected chi connectivity index (χ3v) is 3.61. The second-order valence-corrected chi connectivity index (χ2v) is 5.28. The molecule has 0 aliphatic heterocycles. The number of aryl methyl sites for hydroxylation is 3. The molecule has 0 aliphatic rings. The van der Waals surface area contributed by atoms with Gasteiger partial charge in [-0.3, -0.25) is 0 Å². The van der Waals surface area contributed by atoms with E-state index in [1.54, 1.807) is 6.08 Å².